The lowest BCUT2D eigenvalue weighted by molar-refractivity contribution is 0.00776. The number of allylic oxidation sites excluding steroid dienone is 3. The van der Waals surface area contributed by atoms with Crippen LogP contribution in [0, 0.1) is 11.5 Å². The van der Waals surface area contributed by atoms with Crippen molar-refractivity contribution >= 4 is 40.3 Å². The van der Waals surface area contributed by atoms with Crippen molar-refractivity contribution in [1.82, 2.24) is 10.2 Å². The highest BCUT2D eigenvalue weighted by molar-refractivity contribution is 8.13. The molecule has 0 bridgehead atoms. The molecule has 7 nitrogen and oxygen atoms in total. The van der Waals surface area contributed by atoms with E-state index in [4.69, 9.17) is 26.3 Å². The maximum Gasteiger partial charge on any atom is 0.410 e. The minimum atomic E-state index is -0.538. The molecule has 42 heavy (non-hydrogen) atoms. The van der Waals surface area contributed by atoms with Gasteiger partial charge in [-0.3, -0.25) is 5.32 Å². The lowest BCUT2D eigenvalue weighted by Gasteiger charge is -2.34. The molecule has 0 aromatic heterocycles. The van der Waals surface area contributed by atoms with E-state index in [1.807, 2.05) is 89.5 Å². The minimum absolute atomic E-state index is 0.123. The van der Waals surface area contributed by atoms with E-state index < -0.39 is 11.0 Å². The summed E-state index contributed by atoms with van der Waals surface area (Å²) < 4.78 is 11.9. The van der Waals surface area contributed by atoms with E-state index in [0.29, 0.717) is 29.0 Å². The number of nitrogens with one attached hydrogen (secondary N) is 1. The van der Waals surface area contributed by atoms with Crippen molar-refractivity contribution < 1.29 is 14.3 Å². The van der Waals surface area contributed by atoms with Gasteiger partial charge in [0.2, 0.25) is 0 Å². The van der Waals surface area contributed by atoms with Gasteiger partial charge in [-0.05, 0) is 96.0 Å². The van der Waals surface area contributed by atoms with E-state index in [9.17, 15) is 4.79 Å². The second-order valence-corrected chi connectivity index (χ2v) is 12.7. The summed E-state index contributed by atoms with van der Waals surface area (Å²) in [5, 5.41) is 12.7. The summed E-state index contributed by atoms with van der Waals surface area (Å²) in [6.45, 7) is 17.1. The Labute approximate surface area is 259 Å². The van der Waals surface area contributed by atoms with Crippen LogP contribution < -0.4 is 10.1 Å². The molecule has 2 atom stereocenters. The number of hydrogen-bond donors (Lipinski definition) is 1. The average molecular weight is 609 g/mol. The molecule has 2 aromatic carbocycles. The van der Waals surface area contributed by atoms with E-state index in [1.165, 1.54) is 11.8 Å². The molecule has 1 saturated heterocycles. The van der Waals surface area contributed by atoms with Gasteiger partial charge in [0, 0.05) is 17.5 Å². The molecule has 0 aliphatic carbocycles. The third-order valence-corrected chi connectivity index (χ3v) is 7.96. The average Bonchev–Trinajstić information content (AvgIpc) is 2.92. The van der Waals surface area contributed by atoms with Gasteiger partial charge < -0.3 is 14.4 Å². The van der Waals surface area contributed by atoms with Gasteiger partial charge in [0.25, 0.3) is 0 Å². The standard InChI is InChI=1S/C33H41ClN4O3S/c1-9-16-33(7,22(2)3)27-18-24(37-30(42-8)36-21-35)19-28(34)29(27)23-12-14-25(15-13-23)40-26-11-10-17-38(20-26)31(39)41-32(4,5)6/h9,12-16,18-19,26H,2,10-11,17,20H2,1,3-8H3,(H,36,37). The topological polar surface area (TPSA) is 87.0 Å². The number of rotatable bonds is 7. The number of carbonyl (C=O) groups is 1. The SMILES string of the molecule is C=C(C)C(C)(C=CC)c1cc(N=C(NC#N)SC)cc(Cl)c1-c1ccc(OC2CCCN(C(=O)OC(C)(C)C)C2)cc1. The van der Waals surface area contributed by atoms with Gasteiger partial charge in [-0.1, -0.05) is 59.8 Å². The van der Waals surface area contributed by atoms with Crippen LogP contribution in [-0.2, 0) is 10.2 Å². The Bertz CT molecular complexity index is 1390. The van der Waals surface area contributed by atoms with E-state index in [1.54, 1.807) is 4.90 Å². The molecule has 1 aliphatic rings. The lowest BCUT2D eigenvalue weighted by Crippen LogP contribution is -2.46. The maximum absolute atomic E-state index is 12.6. The fourth-order valence-corrected chi connectivity index (χ4v) is 5.53. The van der Waals surface area contributed by atoms with Gasteiger partial charge in [0.15, 0.2) is 11.4 Å². The second kappa shape index (κ2) is 14.2. The number of hydrogen-bond acceptors (Lipinski definition) is 6. The summed E-state index contributed by atoms with van der Waals surface area (Å²) >= 11 is 8.32. The van der Waals surface area contributed by atoms with Crippen LogP contribution in [0.1, 0.15) is 59.9 Å². The Balaban J connectivity index is 1.96. The molecule has 0 saturated carbocycles. The molecule has 9 heteroatoms. The number of ether oxygens (including phenoxy) is 2. The van der Waals surface area contributed by atoms with Crippen molar-refractivity contribution in [2.75, 3.05) is 19.3 Å². The minimum Gasteiger partial charge on any atom is -0.489 e. The summed E-state index contributed by atoms with van der Waals surface area (Å²) in [5.74, 6) is 0.719. The number of halogens is 1. The molecule has 3 rings (SSSR count). The number of amidine groups is 1. The highest BCUT2D eigenvalue weighted by Gasteiger charge is 2.31. The molecular weight excluding hydrogens is 568 g/mol. The molecule has 224 valence electrons. The van der Waals surface area contributed by atoms with Crippen molar-refractivity contribution in [3.05, 3.63) is 71.3 Å². The first kappa shape index (κ1) is 33.1. The molecule has 2 unspecified atom stereocenters. The number of benzene rings is 2. The van der Waals surface area contributed by atoms with Gasteiger partial charge in [-0.2, -0.15) is 5.26 Å². The Morgan fingerprint density at radius 2 is 1.95 bits per heavy atom. The van der Waals surface area contributed by atoms with E-state index in [0.717, 1.165) is 40.9 Å². The number of aliphatic imine (C=N–C) groups is 1. The lowest BCUT2D eigenvalue weighted by atomic mass is 9.73. The number of carbonyl (C=O) groups excluding carboxylic acids is 1. The predicted molar refractivity (Wildman–Crippen MR) is 175 cm³/mol. The molecule has 2 aromatic rings. The molecule has 1 aliphatic heterocycles. The highest BCUT2D eigenvalue weighted by Crippen LogP contribution is 2.45. The number of piperidine rings is 1. The summed E-state index contributed by atoms with van der Waals surface area (Å²) in [7, 11) is 0. The van der Waals surface area contributed by atoms with E-state index in [-0.39, 0.29) is 12.2 Å². The first-order valence-electron chi connectivity index (χ1n) is 14.0. The zero-order valence-electron chi connectivity index (χ0n) is 25.6. The quantitative estimate of drug-likeness (QED) is 0.111. The Kier molecular flexibility index (Phi) is 11.2. The van der Waals surface area contributed by atoms with Gasteiger partial charge >= 0.3 is 6.09 Å². The summed E-state index contributed by atoms with van der Waals surface area (Å²) in [5.41, 5.74) is 3.27. The van der Waals surface area contributed by atoms with Crippen LogP contribution in [-0.4, -0.2) is 47.2 Å². The van der Waals surface area contributed by atoms with Crippen LogP contribution in [0.4, 0.5) is 10.5 Å². The zero-order chi connectivity index (χ0) is 31.1. The second-order valence-electron chi connectivity index (χ2n) is 11.5. The van der Waals surface area contributed by atoms with Crippen molar-refractivity contribution in [3.8, 4) is 23.1 Å². The molecule has 1 N–H and O–H groups in total. The van der Waals surface area contributed by atoms with Crippen molar-refractivity contribution in [3.63, 3.8) is 0 Å². The van der Waals surface area contributed by atoms with Crippen molar-refractivity contribution in [2.24, 2.45) is 4.99 Å². The first-order chi connectivity index (χ1) is 19.8. The number of amides is 1. The summed E-state index contributed by atoms with van der Waals surface area (Å²) in [6, 6.07) is 11.7. The van der Waals surface area contributed by atoms with Gasteiger partial charge in [0.1, 0.15) is 17.5 Å². The monoisotopic (exact) mass is 608 g/mol. The normalized spacial score (nSPS) is 17.4. The predicted octanol–water partition coefficient (Wildman–Crippen LogP) is 8.62. The molecule has 1 fully saturated rings. The van der Waals surface area contributed by atoms with Crippen LogP contribution in [0.5, 0.6) is 5.75 Å². The van der Waals surface area contributed by atoms with Crippen LogP contribution in [0.3, 0.4) is 0 Å². The molecular formula is C33H41ClN4O3S. The van der Waals surface area contributed by atoms with Gasteiger partial charge in [0.05, 0.1) is 17.3 Å². The highest BCUT2D eigenvalue weighted by atomic mass is 35.5. The summed E-state index contributed by atoms with van der Waals surface area (Å²) in [6.07, 6.45) is 9.17. The van der Waals surface area contributed by atoms with Crippen LogP contribution >= 0.6 is 23.4 Å². The van der Waals surface area contributed by atoms with E-state index >= 15 is 0 Å². The Morgan fingerprint density at radius 3 is 2.52 bits per heavy atom. The smallest absolute Gasteiger partial charge is 0.410 e. The van der Waals surface area contributed by atoms with Crippen LogP contribution in [0.25, 0.3) is 11.1 Å². The first-order valence-corrected chi connectivity index (χ1v) is 15.6. The largest absolute Gasteiger partial charge is 0.489 e. The summed E-state index contributed by atoms with van der Waals surface area (Å²) in [4.78, 5) is 18.9. The maximum atomic E-state index is 12.6. The van der Waals surface area contributed by atoms with Crippen LogP contribution in [0.15, 0.2) is 65.7 Å². The van der Waals surface area contributed by atoms with E-state index in [2.05, 4.69) is 29.9 Å². The Morgan fingerprint density at radius 1 is 1.26 bits per heavy atom. The van der Waals surface area contributed by atoms with Gasteiger partial charge in [-0.25, -0.2) is 9.79 Å². The number of nitrogens with zero attached hydrogens (tertiary/aromatic N) is 3. The molecule has 0 spiro atoms. The third kappa shape index (κ3) is 8.33. The fourth-order valence-electron chi connectivity index (χ4n) is 4.86. The fraction of sp³-hybridized carbons (Fsp3) is 0.424. The van der Waals surface area contributed by atoms with Gasteiger partial charge in [-0.15, -0.1) is 0 Å². The Hall–Kier alpha value is -3.41. The van der Waals surface area contributed by atoms with Crippen molar-refractivity contribution in [2.45, 2.75) is 71.5 Å². The van der Waals surface area contributed by atoms with Crippen molar-refractivity contribution in [1.29, 1.82) is 5.26 Å². The van der Waals surface area contributed by atoms with Crippen LogP contribution in [0.2, 0.25) is 5.02 Å². The molecule has 0 radical (unpaired) electrons. The molecule has 1 heterocycles. The number of likely N-dealkylation sites (tertiary alicyclic amines) is 1. The zero-order valence-corrected chi connectivity index (χ0v) is 27.2. The third-order valence-electron chi connectivity index (χ3n) is 7.08. The number of nitriles is 1. The molecule has 1 amide bonds. The number of thioether (sulfide) groups is 1.